The third kappa shape index (κ3) is 4.19. The highest BCUT2D eigenvalue weighted by Gasteiger charge is 2.22. The van der Waals surface area contributed by atoms with Crippen LogP contribution in [0.5, 0.6) is 0 Å². The molecule has 1 saturated heterocycles. The molecule has 116 valence electrons. The lowest BCUT2D eigenvalue weighted by atomic mass is 10.2. The molecule has 8 nitrogen and oxygen atoms in total. The van der Waals surface area contributed by atoms with E-state index in [1.807, 2.05) is 0 Å². The van der Waals surface area contributed by atoms with Crippen molar-refractivity contribution in [2.75, 3.05) is 31.5 Å². The molecule has 0 unspecified atom stereocenters. The fourth-order valence-corrected chi connectivity index (χ4v) is 2.30. The molecule has 1 fully saturated rings. The second-order valence-corrected chi connectivity index (χ2v) is 5.37. The van der Waals surface area contributed by atoms with E-state index in [2.05, 4.69) is 29.2 Å². The Labute approximate surface area is 123 Å². The molecule has 0 bridgehead atoms. The third-order valence-electron chi connectivity index (χ3n) is 3.51. The third-order valence-corrected chi connectivity index (χ3v) is 3.51. The smallest absolute Gasteiger partial charge is 0.325 e. The zero-order chi connectivity index (χ0) is 15.4. The van der Waals surface area contributed by atoms with E-state index >= 15 is 0 Å². The van der Waals surface area contributed by atoms with Gasteiger partial charge in [0.1, 0.15) is 6.54 Å². The highest BCUT2D eigenvalue weighted by atomic mass is 16.4. The highest BCUT2D eigenvalue weighted by molar-refractivity contribution is 5.89. The van der Waals surface area contributed by atoms with E-state index < -0.39 is 5.97 Å². The van der Waals surface area contributed by atoms with Crippen LogP contribution in [0.2, 0.25) is 0 Å². The lowest BCUT2D eigenvalue weighted by Crippen LogP contribution is -2.51. The first-order chi connectivity index (χ1) is 9.95. The van der Waals surface area contributed by atoms with Crippen LogP contribution in [0.3, 0.4) is 0 Å². The van der Waals surface area contributed by atoms with Crippen molar-refractivity contribution in [2.24, 2.45) is 0 Å². The van der Waals surface area contributed by atoms with E-state index in [-0.39, 0.29) is 12.6 Å². The summed E-state index contributed by atoms with van der Waals surface area (Å²) in [6.07, 6.45) is 2.96. The average Bonchev–Trinajstić information content (AvgIpc) is 2.85. The highest BCUT2D eigenvalue weighted by Crippen LogP contribution is 2.10. The number of nitrogens with zero attached hydrogens (tertiary/aromatic N) is 4. The van der Waals surface area contributed by atoms with E-state index in [0.29, 0.717) is 24.8 Å². The number of urea groups is 1. The van der Waals surface area contributed by atoms with Gasteiger partial charge in [-0.3, -0.25) is 14.4 Å². The van der Waals surface area contributed by atoms with Crippen LogP contribution in [0.15, 0.2) is 12.4 Å². The van der Waals surface area contributed by atoms with Crippen molar-refractivity contribution in [3.8, 4) is 0 Å². The van der Waals surface area contributed by atoms with Gasteiger partial charge in [-0.2, -0.15) is 5.10 Å². The Bertz CT molecular complexity index is 506. The predicted molar refractivity (Wildman–Crippen MR) is 77.2 cm³/mol. The van der Waals surface area contributed by atoms with Crippen LogP contribution in [0, 0.1) is 0 Å². The Kier molecular flexibility index (Phi) is 4.79. The summed E-state index contributed by atoms with van der Waals surface area (Å²) >= 11 is 0. The molecule has 2 N–H and O–H groups in total. The van der Waals surface area contributed by atoms with E-state index in [9.17, 15) is 9.59 Å². The molecule has 2 heterocycles. The predicted octanol–water partition coefficient (Wildman–Crippen LogP) is 0.526. The summed E-state index contributed by atoms with van der Waals surface area (Å²) in [5.41, 5.74) is 0.507. The van der Waals surface area contributed by atoms with Gasteiger partial charge in [0.15, 0.2) is 0 Å². The summed E-state index contributed by atoms with van der Waals surface area (Å²) in [5.74, 6) is -0.971. The number of rotatable bonds is 4. The molecule has 1 aromatic heterocycles. The number of amides is 2. The lowest BCUT2D eigenvalue weighted by Gasteiger charge is -2.36. The maximum atomic E-state index is 12.1. The number of hydrogen-bond donors (Lipinski definition) is 2. The van der Waals surface area contributed by atoms with Crippen LogP contribution in [-0.2, 0) is 11.3 Å². The van der Waals surface area contributed by atoms with Gasteiger partial charge in [-0.25, -0.2) is 4.79 Å². The minimum absolute atomic E-state index is 0.173. The van der Waals surface area contributed by atoms with Crippen molar-refractivity contribution in [2.45, 2.75) is 26.4 Å². The minimum atomic E-state index is -0.971. The van der Waals surface area contributed by atoms with Crippen LogP contribution in [-0.4, -0.2) is 68.9 Å². The number of aliphatic carboxylic acids is 1. The Morgan fingerprint density at radius 1 is 1.33 bits per heavy atom. The Morgan fingerprint density at radius 2 is 2.00 bits per heavy atom. The normalized spacial score (nSPS) is 16.2. The van der Waals surface area contributed by atoms with Crippen molar-refractivity contribution in [3.05, 3.63) is 12.4 Å². The first kappa shape index (κ1) is 15.3. The van der Waals surface area contributed by atoms with Crippen LogP contribution >= 0.6 is 0 Å². The molecule has 1 aliphatic heterocycles. The van der Waals surface area contributed by atoms with Gasteiger partial charge in [-0.1, -0.05) is 0 Å². The summed E-state index contributed by atoms with van der Waals surface area (Å²) in [6.45, 7) is 7.18. The first-order valence-corrected chi connectivity index (χ1v) is 7.00. The number of carbonyl (C=O) groups excluding carboxylic acids is 1. The SMILES string of the molecule is CC(C)N1CCN(C(=O)Nc2cnn(CC(=O)O)c2)CC1. The molecule has 0 saturated carbocycles. The van der Waals surface area contributed by atoms with Gasteiger partial charge in [0.25, 0.3) is 0 Å². The van der Waals surface area contributed by atoms with Crippen LogP contribution < -0.4 is 5.32 Å². The standard InChI is InChI=1S/C13H21N5O3/c1-10(2)16-3-5-17(6-4-16)13(21)15-11-7-14-18(8-11)9-12(19)20/h7-8,10H,3-6,9H2,1-2H3,(H,15,21)(H,19,20). The van der Waals surface area contributed by atoms with Gasteiger partial charge < -0.3 is 15.3 Å². The number of carboxylic acid groups (broad SMARTS) is 1. The summed E-state index contributed by atoms with van der Waals surface area (Å²) in [6, 6.07) is 0.317. The van der Waals surface area contributed by atoms with Gasteiger partial charge in [0.05, 0.1) is 11.9 Å². The second-order valence-electron chi connectivity index (χ2n) is 5.37. The van der Waals surface area contributed by atoms with Crippen molar-refractivity contribution in [1.82, 2.24) is 19.6 Å². The van der Waals surface area contributed by atoms with Crippen LogP contribution in [0.1, 0.15) is 13.8 Å². The topological polar surface area (TPSA) is 90.7 Å². The fraction of sp³-hybridized carbons (Fsp3) is 0.615. The Hall–Kier alpha value is -2.09. The number of nitrogens with one attached hydrogen (secondary N) is 1. The van der Waals surface area contributed by atoms with E-state index in [0.717, 1.165) is 13.1 Å². The van der Waals surface area contributed by atoms with Gasteiger partial charge in [-0.05, 0) is 13.8 Å². The molecule has 1 aromatic rings. The van der Waals surface area contributed by atoms with Crippen LogP contribution in [0.25, 0.3) is 0 Å². The minimum Gasteiger partial charge on any atom is -0.480 e. The monoisotopic (exact) mass is 295 g/mol. The molecular weight excluding hydrogens is 274 g/mol. The lowest BCUT2D eigenvalue weighted by molar-refractivity contribution is -0.137. The number of carboxylic acids is 1. The zero-order valence-corrected chi connectivity index (χ0v) is 12.3. The molecule has 0 aliphatic carbocycles. The van der Waals surface area contributed by atoms with Gasteiger partial charge in [0, 0.05) is 38.4 Å². The molecular formula is C13H21N5O3. The number of aromatic nitrogens is 2. The van der Waals surface area contributed by atoms with Gasteiger partial charge >= 0.3 is 12.0 Å². The van der Waals surface area contributed by atoms with Gasteiger partial charge in [0.2, 0.25) is 0 Å². The average molecular weight is 295 g/mol. The summed E-state index contributed by atoms with van der Waals surface area (Å²) in [7, 11) is 0. The molecule has 2 rings (SSSR count). The molecule has 0 radical (unpaired) electrons. The molecule has 0 atom stereocenters. The molecule has 21 heavy (non-hydrogen) atoms. The largest absolute Gasteiger partial charge is 0.480 e. The van der Waals surface area contributed by atoms with Crippen molar-refractivity contribution < 1.29 is 14.7 Å². The second kappa shape index (κ2) is 6.57. The van der Waals surface area contributed by atoms with E-state index in [1.165, 1.54) is 17.1 Å². The summed E-state index contributed by atoms with van der Waals surface area (Å²) in [5, 5.41) is 15.3. The van der Waals surface area contributed by atoms with Crippen molar-refractivity contribution in [3.63, 3.8) is 0 Å². The van der Waals surface area contributed by atoms with E-state index in [1.54, 1.807) is 4.90 Å². The summed E-state index contributed by atoms with van der Waals surface area (Å²) < 4.78 is 1.27. The number of carbonyl (C=O) groups is 2. The number of hydrogen-bond acceptors (Lipinski definition) is 4. The Morgan fingerprint density at radius 3 is 2.57 bits per heavy atom. The number of piperazine rings is 1. The first-order valence-electron chi connectivity index (χ1n) is 7.00. The maximum Gasteiger partial charge on any atom is 0.325 e. The van der Waals surface area contributed by atoms with E-state index in [4.69, 9.17) is 5.11 Å². The molecule has 2 amide bonds. The van der Waals surface area contributed by atoms with Crippen molar-refractivity contribution in [1.29, 1.82) is 0 Å². The number of anilines is 1. The zero-order valence-electron chi connectivity index (χ0n) is 12.3. The molecule has 0 spiro atoms. The maximum absolute atomic E-state index is 12.1. The van der Waals surface area contributed by atoms with Crippen molar-refractivity contribution >= 4 is 17.7 Å². The molecule has 0 aromatic carbocycles. The Balaban J connectivity index is 1.84. The van der Waals surface area contributed by atoms with Crippen LogP contribution in [0.4, 0.5) is 10.5 Å². The molecule has 8 heteroatoms. The quantitative estimate of drug-likeness (QED) is 0.845. The fourth-order valence-electron chi connectivity index (χ4n) is 2.30. The molecule has 1 aliphatic rings. The summed E-state index contributed by atoms with van der Waals surface area (Å²) in [4.78, 5) is 26.8. The van der Waals surface area contributed by atoms with Gasteiger partial charge in [-0.15, -0.1) is 0 Å².